The molecule has 2 aliphatic heterocycles. The molecule has 13 nitrogen and oxygen atoms in total. The van der Waals surface area contributed by atoms with Crippen LogP contribution in [0, 0.1) is 5.92 Å². The Hall–Kier alpha value is -4.75. The van der Waals surface area contributed by atoms with E-state index in [-0.39, 0.29) is 40.1 Å². The van der Waals surface area contributed by atoms with Gasteiger partial charge >= 0.3 is 12.1 Å². The largest absolute Gasteiger partial charge is 0.507 e. The first kappa shape index (κ1) is 50.3. The van der Waals surface area contributed by atoms with E-state index in [9.17, 15) is 19.5 Å². The van der Waals surface area contributed by atoms with Gasteiger partial charge in [0.25, 0.3) is 0 Å². The first-order valence-electron chi connectivity index (χ1n) is 23.3. The van der Waals surface area contributed by atoms with Gasteiger partial charge in [-0.15, -0.1) is 0 Å². The van der Waals surface area contributed by atoms with Gasteiger partial charge in [0.1, 0.15) is 39.3 Å². The zero-order chi connectivity index (χ0) is 46.8. The van der Waals surface area contributed by atoms with E-state index in [4.69, 9.17) is 28.1 Å². The summed E-state index contributed by atoms with van der Waals surface area (Å²) in [6.07, 6.45) is 9.55. The summed E-state index contributed by atoms with van der Waals surface area (Å²) in [5.74, 6) is 1.13. The van der Waals surface area contributed by atoms with Gasteiger partial charge in [-0.1, -0.05) is 23.3 Å². The Morgan fingerprint density at radius 2 is 1.23 bits per heavy atom. The topological polar surface area (TPSA) is 140 Å². The Kier molecular flexibility index (Phi) is 17.6. The number of aromatic hydroxyl groups is 1. The van der Waals surface area contributed by atoms with Gasteiger partial charge in [0.05, 0.1) is 31.6 Å². The van der Waals surface area contributed by atoms with Crippen molar-refractivity contribution in [1.82, 2.24) is 14.7 Å². The second-order valence-electron chi connectivity index (χ2n) is 19.8. The van der Waals surface area contributed by atoms with E-state index in [1.165, 1.54) is 0 Å². The molecule has 0 radical (unpaired) electrons. The lowest BCUT2D eigenvalue weighted by Gasteiger charge is -2.35. The van der Waals surface area contributed by atoms with Crippen LogP contribution in [0.1, 0.15) is 119 Å². The summed E-state index contributed by atoms with van der Waals surface area (Å²) in [5.41, 5.74) is 2.55. The Labute approximate surface area is 380 Å². The molecule has 354 valence electrons. The van der Waals surface area contributed by atoms with Crippen LogP contribution in [0.25, 0.3) is 21.9 Å². The van der Waals surface area contributed by atoms with Crippen LogP contribution in [0.3, 0.4) is 0 Å². The summed E-state index contributed by atoms with van der Waals surface area (Å²) in [7, 11) is 1.58. The molecule has 2 aliphatic rings. The van der Waals surface area contributed by atoms with Crippen LogP contribution < -0.4 is 19.6 Å². The number of ether oxygens (including phenoxy) is 5. The summed E-state index contributed by atoms with van der Waals surface area (Å²) in [6.45, 7) is 26.5. The molecule has 1 N–H and O–H groups in total. The number of benzene rings is 2. The smallest absolute Gasteiger partial charge is 0.410 e. The summed E-state index contributed by atoms with van der Waals surface area (Å²) in [5, 5.41) is 12.3. The summed E-state index contributed by atoms with van der Waals surface area (Å²) < 4.78 is 36.5. The molecule has 1 amide bonds. The van der Waals surface area contributed by atoms with E-state index in [1.807, 2.05) is 81.4 Å². The summed E-state index contributed by atoms with van der Waals surface area (Å²) >= 11 is 0. The van der Waals surface area contributed by atoms with Gasteiger partial charge in [-0.3, -0.25) is 14.5 Å². The van der Waals surface area contributed by atoms with Gasteiger partial charge in [-0.2, -0.15) is 0 Å². The number of phenolic OH excluding ortho intramolecular Hbond substituents is 1. The highest BCUT2D eigenvalue weighted by Crippen LogP contribution is 2.42. The molecule has 2 fully saturated rings. The molecule has 5 rings (SSSR count). The van der Waals surface area contributed by atoms with E-state index in [0.717, 1.165) is 88.9 Å². The van der Waals surface area contributed by atoms with E-state index < -0.39 is 11.2 Å². The number of rotatable bonds is 18. The molecule has 0 spiro atoms. The zero-order valence-corrected chi connectivity index (χ0v) is 40.6. The number of piperidine rings is 1. The lowest BCUT2D eigenvalue weighted by atomic mass is 9.96. The quantitative estimate of drug-likeness (QED) is 0.0563. The number of nitrogens with zero attached hydrogens (tertiary/aromatic N) is 3. The fraction of sp³-hybridized carbons (Fsp3) is 0.627. The average molecular weight is 890 g/mol. The van der Waals surface area contributed by atoms with Crippen molar-refractivity contribution in [2.75, 3.05) is 72.7 Å². The van der Waals surface area contributed by atoms with Crippen LogP contribution in [0.5, 0.6) is 23.0 Å². The number of hydrogen-bond donors (Lipinski definition) is 1. The second-order valence-corrected chi connectivity index (χ2v) is 19.8. The van der Waals surface area contributed by atoms with Gasteiger partial charge in [0.15, 0.2) is 11.5 Å². The highest BCUT2D eigenvalue weighted by molar-refractivity contribution is 5.98. The fourth-order valence-corrected chi connectivity index (χ4v) is 8.16. The highest BCUT2D eigenvalue weighted by Gasteiger charge is 2.30. The van der Waals surface area contributed by atoms with Crippen LogP contribution in [0.2, 0.25) is 0 Å². The number of unbranched alkanes of at least 4 members (excludes halogenated alkanes) is 2. The van der Waals surface area contributed by atoms with E-state index in [1.54, 1.807) is 24.1 Å². The molecule has 3 heterocycles. The number of hydrogen-bond acceptors (Lipinski definition) is 12. The number of likely N-dealkylation sites (tertiary alicyclic amines) is 1. The van der Waals surface area contributed by atoms with Crippen LogP contribution in [-0.2, 0) is 27.1 Å². The van der Waals surface area contributed by atoms with Gasteiger partial charge in [0, 0.05) is 49.4 Å². The fourth-order valence-electron chi connectivity index (χ4n) is 8.16. The Balaban J connectivity index is 1.30. The number of amides is 1. The number of phenols is 1. The molecule has 13 heteroatoms. The highest BCUT2D eigenvalue weighted by atomic mass is 16.6. The maximum absolute atomic E-state index is 14.6. The zero-order valence-electron chi connectivity index (χ0n) is 40.6. The molecular weight excluding hydrogens is 815 g/mol. The number of carbonyl (C=O) groups excluding carboxylic acids is 2. The summed E-state index contributed by atoms with van der Waals surface area (Å²) in [6, 6.07) is 3.46. The Morgan fingerprint density at radius 1 is 0.719 bits per heavy atom. The monoisotopic (exact) mass is 890 g/mol. The average Bonchev–Trinajstić information content (AvgIpc) is 3.21. The van der Waals surface area contributed by atoms with Crippen molar-refractivity contribution in [1.29, 1.82) is 0 Å². The predicted octanol–water partition coefficient (Wildman–Crippen LogP) is 9.60. The van der Waals surface area contributed by atoms with Crippen LogP contribution in [-0.4, -0.2) is 116 Å². The third-order valence-corrected chi connectivity index (χ3v) is 11.5. The maximum Gasteiger partial charge on any atom is 0.410 e. The van der Waals surface area contributed by atoms with Gasteiger partial charge < -0.3 is 43.0 Å². The first-order chi connectivity index (χ1) is 30.2. The molecule has 1 aromatic heterocycles. The van der Waals surface area contributed by atoms with E-state index in [2.05, 4.69) is 9.80 Å². The number of carbonyl (C=O) groups is 2. The van der Waals surface area contributed by atoms with Crippen LogP contribution >= 0.6 is 0 Å². The van der Waals surface area contributed by atoms with Crippen LogP contribution in [0.4, 0.5) is 4.79 Å². The normalized spacial score (nSPS) is 15.6. The molecule has 0 bridgehead atoms. The lowest BCUT2D eigenvalue weighted by Crippen LogP contribution is -2.50. The van der Waals surface area contributed by atoms with Crippen molar-refractivity contribution in [2.45, 2.75) is 132 Å². The number of allylic oxidation sites excluding steroid dienone is 4. The molecule has 0 unspecified atom stereocenters. The van der Waals surface area contributed by atoms with Crippen molar-refractivity contribution in [3.63, 3.8) is 0 Å². The Morgan fingerprint density at radius 3 is 1.78 bits per heavy atom. The van der Waals surface area contributed by atoms with Crippen molar-refractivity contribution in [2.24, 2.45) is 5.92 Å². The van der Waals surface area contributed by atoms with E-state index in [0.29, 0.717) is 78.5 Å². The maximum atomic E-state index is 14.6. The molecule has 0 aliphatic carbocycles. The van der Waals surface area contributed by atoms with Gasteiger partial charge in [-0.25, -0.2) is 4.79 Å². The van der Waals surface area contributed by atoms with Crippen molar-refractivity contribution in [3.8, 4) is 23.0 Å². The molecular formula is C51H75N3O10. The SMILES string of the molecule is COc1c(OCCCCN2CCC(C(=O)OC(C)(C)C)CC2)cc2oc3cc(OCCCCN4CCN(C(=O)OC(C)(C)C)CC4)c(CC=C(C)C)c(O)c3c(=O)c2c1CC=C(C)C. The van der Waals surface area contributed by atoms with E-state index >= 15 is 0 Å². The number of methoxy groups -OCH3 is 1. The number of fused-ring (bicyclic) bond motifs is 2. The lowest BCUT2D eigenvalue weighted by molar-refractivity contribution is -0.161. The molecule has 0 saturated carbocycles. The van der Waals surface area contributed by atoms with Crippen LogP contribution in [0.15, 0.2) is 44.6 Å². The van der Waals surface area contributed by atoms with Crippen molar-refractivity contribution < 1.29 is 42.8 Å². The first-order valence-corrected chi connectivity index (χ1v) is 23.3. The van der Waals surface area contributed by atoms with Gasteiger partial charge in [0.2, 0.25) is 5.43 Å². The second kappa shape index (κ2) is 22.4. The molecule has 2 aromatic carbocycles. The molecule has 2 saturated heterocycles. The van der Waals surface area contributed by atoms with Crippen molar-refractivity contribution >= 4 is 34.0 Å². The minimum Gasteiger partial charge on any atom is -0.507 e. The molecule has 3 aromatic rings. The molecule has 0 atom stereocenters. The van der Waals surface area contributed by atoms with Crippen molar-refractivity contribution in [3.05, 3.63) is 56.8 Å². The number of esters is 1. The number of piperazine rings is 1. The minimum atomic E-state index is -0.517. The van der Waals surface area contributed by atoms with Gasteiger partial charge in [-0.05, 0) is 147 Å². The minimum absolute atomic E-state index is 0.0479. The Bertz CT molecular complexity index is 2190. The predicted molar refractivity (Wildman–Crippen MR) is 253 cm³/mol. The third kappa shape index (κ3) is 14.1. The molecule has 64 heavy (non-hydrogen) atoms. The third-order valence-electron chi connectivity index (χ3n) is 11.5. The summed E-state index contributed by atoms with van der Waals surface area (Å²) in [4.78, 5) is 46.2. The standard InChI is InChI=1S/C51H75N3O10/c1-34(2)16-18-37-39(60-30-14-13-23-53-26-28-54(29-27-53)49(58)64-51(8,9)10)32-41-44(45(37)55)46(56)43-38(19-17-35(3)4)47(59-11)42(33-40(43)62-41)61-31-15-12-22-52-24-20-36(21-25-52)48(57)63-50(5,6)7/h16-17,32-33,36,55H,12-15,18-31H2,1-11H3.